The van der Waals surface area contributed by atoms with Gasteiger partial charge in [0.25, 0.3) is 0 Å². The van der Waals surface area contributed by atoms with Gasteiger partial charge in [-0.1, -0.05) is 35.9 Å². The van der Waals surface area contributed by atoms with Crippen LogP contribution in [0.4, 0.5) is 5.82 Å². The quantitative estimate of drug-likeness (QED) is 0.329. The van der Waals surface area contributed by atoms with Crippen molar-refractivity contribution in [2.75, 3.05) is 12.4 Å². The first-order valence-electron chi connectivity index (χ1n) is 11.5. The van der Waals surface area contributed by atoms with Gasteiger partial charge in [0.2, 0.25) is 5.91 Å². The van der Waals surface area contributed by atoms with Crippen molar-refractivity contribution in [1.82, 2.24) is 24.5 Å². The number of nitrogens with zero attached hydrogens (tertiary/aromatic N) is 5. The summed E-state index contributed by atoms with van der Waals surface area (Å²) < 4.78 is 8.73. The summed E-state index contributed by atoms with van der Waals surface area (Å²) in [7, 11) is 1.64. The van der Waals surface area contributed by atoms with Crippen molar-refractivity contribution in [3.63, 3.8) is 0 Å². The Kier molecular flexibility index (Phi) is 6.43. The molecule has 0 aliphatic carbocycles. The number of hydrogen-bond acceptors (Lipinski definition) is 5. The number of carbonyl (C=O) groups excluding carboxylic acids is 1. The van der Waals surface area contributed by atoms with Crippen molar-refractivity contribution < 1.29 is 9.53 Å². The molecule has 0 bridgehead atoms. The molecule has 2 aromatic carbocycles. The fourth-order valence-corrected chi connectivity index (χ4v) is 4.47. The van der Waals surface area contributed by atoms with E-state index in [0.29, 0.717) is 23.0 Å². The predicted molar refractivity (Wildman–Crippen MR) is 140 cm³/mol. The second-order valence-corrected chi connectivity index (χ2v) is 8.97. The lowest BCUT2D eigenvalue weighted by atomic mass is 10.0. The van der Waals surface area contributed by atoms with E-state index in [4.69, 9.17) is 16.3 Å². The summed E-state index contributed by atoms with van der Waals surface area (Å²) in [5.74, 6) is 1.04. The van der Waals surface area contributed by atoms with Crippen LogP contribution in [-0.2, 0) is 17.9 Å². The van der Waals surface area contributed by atoms with Gasteiger partial charge in [-0.2, -0.15) is 10.2 Å². The molecule has 5 aromatic rings. The predicted octanol–water partition coefficient (Wildman–Crippen LogP) is 5.26. The Balaban J connectivity index is 1.35. The molecule has 9 heteroatoms. The normalized spacial score (nSPS) is 11.1. The van der Waals surface area contributed by atoms with Crippen molar-refractivity contribution in [3.8, 4) is 16.9 Å². The van der Waals surface area contributed by atoms with E-state index in [1.807, 2.05) is 79.2 Å². The lowest BCUT2D eigenvalue weighted by molar-refractivity contribution is -0.116. The molecule has 5 rings (SSSR count). The average Bonchev–Trinajstić information content (AvgIpc) is 3.37. The molecule has 0 aliphatic heterocycles. The van der Waals surface area contributed by atoms with Gasteiger partial charge in [0.15, 0.2) is 11.5 Å². The fraction of sp³-hybridized carbons (Fsp3) is 0.185. The zero-order chi connectivity index (χ0) is 25.2. The Bertz CT molecular complexity index is 1550. The summed E-state index contributed by atoms with van der Waals surface area (Å²) in [6.45, 7) is 4.45. The Morgan fingerprint density at radius 1 is 1.03 bits per heavy atom. The van der Waals surface area contributed by atoms with Crippen LogP contribution >= 0.6 is 11.6 Å². The zero-order valence-electron chi connectivity index (χ0n) is 20.2. The molecular formula is C27H25ClN6O2. The monoisotopic (exact) mass is 500 g/mol. The maximum atomic E-state index is 12.9. The molecule has 3 heterocycles. The highest BCUT2D eigenvalue weighted by molar-refractivity contribution is 6.30. The summed E-state index contributed by atoms with van der Waals surface area (Å²) in [5.41, 5.74) is 5.44. The zero-order valence-corrected chi connectivity index (χ0v) is 21.0. The van der Waals surface area contributed by atoms with Crippen LogP contribution in [0.3, 0.4) is 0 Å². The van der Waals surface area contributed by atoms with Crippen molar-refractivity contribution in [3.05, 3.63) is 88.8 Å². The first-order chi connectivity index (χ1) is 17.4. The number of pyridine rings is 1. The van der Waals surface area contributed by atoms with Crippen LogP contribution in [0, 0.1) is 13.8 Å². The van der Waals surface area contributed by atoms with Crippen LogP contribution in [0.1, 0.15) is 17.0 Å². The van der Waals surface area contributed by atoms with Crippen LogP contribution in [0.5, 0.6) is 5.75 Å². The number of rotatable bonds is 7. The lowest BCUT2D eigenvalue weighted by Gasteiger charge is -2.07. The number of ether oxygens (including phenoxy) is 1. The van der Waals surface area contributed by atoms with E-state index in [9.17, 15) is 4.79 Å². The highest BCUT2D eigenvalue weighted by Crippen LogP contribution is 2.31. The van der Waals surface area contributed by atoms with Crippen LogP contribution < -0.4 is 10.1 Å². The van der Waals surface area contributed by atoms with Gasteiger partial charge in [-0.3, -0.25) is 9.48 Å². The number of fused-ring (bicyclic) bond motifs is 1. The second kappa shape index (κ2) is 9.83. The minimum Gasteiger partial charge on any atom is -0.497 e. The molecule has 3 aromatic heterocycles. The van der Waals surface area contributed by atoms with Gasteiger partial charge in [0, 0.05) is 28.4 Å². The summed E-state index contributed by atoms with van der Waals surface area (Å²) in [4.78, 5) is 17.4. The van der Waals surface area contributed by atoms with E-state index >= 15 is 0 Å². The van der Waals surface area contributed by atoms with Gasteiger partial charge >= 0.3 is 0 Å². The molecule has 0 spiro atoms. The van der Waals surface area contributed by atoms with Gasteiger partial charge < -0.3 is 10.1 Å². The Morgan fingerprint density at radius 2 is 1.83 bits per heavy atom. The maximum absolute atomic E-state index is 12.9. The standard InChI is InChI=1S/C27H25ClN6O2/c1-17-13-24(32-33(17)15-19-5-4-6-21(28)14-19)30-25(35)16-34-27-26(18(2)31-34)23(11-12-29-27)20-7-9-22(36-3)10-8-20/h4-14H,15-16H2,1-3H3,(H,30,32,35). The molecule has 182 valence electrons. The molecule has 36 heavy (non-hydrogen) atoms. The smallest absolute Gasteiger partial charge is 0.247 e. The number of hydrogen-bond donors (Lipinski definition) is 1. The first kappa shape index (κ1) is 23.6. The lowest BCUT2D eigenvalue weighted by Crippen LogP contribution is -2.20. The minimum absolute atomic E-state index is 0.0175. The third-order valence-corrected chi connectivity index (χ3v) is 6.21. The SMILES string of the molecule is COc1ccc(-c2ccnc3c2c(C)nn3CC(=O)Nc2cc(C)n(Cc3cccc(Cl)c3)n2)cc1. The molecule has 1 N–H and O–H groups in total. The summed E-state index contributed by atoms with van der Waals surface area (Å²) in [5, 5.41) is 13.6. The molecular weight excluding hydrogens is 476 g/mol. The van der Waals surface area contributed by atoms with E-state index < -0.39 is 0 Å². The van der Waals surface area contributed by atoms with Crippen molar-refractivity contribution in [1.29, 1.82) is 0 Å². The highest BCUT2D eigenvalue weighted by atomic mass is 35.5. The third-order valence-electron chi connectivity index (χ3n) is 5.97. The number of methoxy groups -OCH3 is 1. The van der Waals surface area contributed by atoms with E-state index in [1.54, 1.807) is 18.0 Å². The molecule has 0 radical (unpaired) electrons. The number of amides is 1. The van der Waals surface area contributed by atoms with Gasteiger partial charge in [-0.05, 0) is 60.9 Å². The molecule has 0 aliphatic rings. The number of halogens is 1. The average molecular weight is 501 g/mol. The molecule has 0 saturated carbocycles. The molecule has 1 amide bonds. The van der Waals surface area contributed by atoms with Crippen LogP contribution in [0.15, 0.2) is 66.9 Å². The Hall–Kier alpha value is -4.17. The van der Waals surface area contributed by atoms with Crippen molar-refractivity contribution >= 4 is 34.4 Å². The summed E-state index contributed by atoms with van der Waals surface area (Å²) >= 11 is 6.10. The third kappa shape index (κ3) is 4.81. The van der Waals surface area contributed by atoms with Crippen LogP contribution in [0.25, 0.3) is 22.2 Å². The number of benzene rings is 2. The number of carbonyl (C=O) groups is 1. The van der Waals surface area contributed by atoms with Crippen molar-refractivity contribution in [2.24, 2.45) is 0 Å². The van der Waals surface area contributed by atoms with Gasteiger partial charge in [0.05, 0.1) is 19.3 Å². The minimum atomic E-state index is -0.233. The highest BCUT2D eigenvalue weighted by Gasteiger charge is 2.17. The number of aryl methyl sites for hydroxylation is 2. The number of aromatic nitrogens is 5. The second-order valence-electron chi connectivity index (χ2n) is 8.54. The number of anilines is 1. The molecule has 0 saturated heterocycles. The Morgan fingerprint density at radius 3 is 2.58 bits per heavy atom. The summed E-state index contributed by atoms with van der Waals surface area (Å²) in [6.07, 6.45) is 1.73. The fourth-order valence-electron chi connectivity index (χ4n) is 4.26. The molecule has 8 nitrogen and oxygen atoms in total. The topological polar surface area (TPSA) is 86.9 Å². The molecule has 0 fully saturated rings. The van der Waals surface area contributed by atoms with E-state index in [-0.39, 0.29) is 12.5 Å². The van der Waals surface area contributed by atoms with Gasteiger partial charge in [-0.25, -0.2) is 9.67 Å². The summed E-state index contributed by atoms with van der Waals surface area (Å²) in [6, 6.07) is 19.3. The van der Waals surface area contributed by atoms with Crippen LogP contribution in [0.2, 0.25) is 5.02 Å². The van der Waals surface area contributed by atoms with E-state index in [2.05, 4.69) is 20.5 Å². The van der Waals surface area contributed by atoms with Gasteiger partial charge in [-0.15, -0.1) is 0 Å². The van der Waals surface area contributed by atoms with Crippen LogP contribution in [-0.4, -0.2) is 37.6 Å². The van der Waals surface area contributed by atoms with Gasteiger partial charge in [0.1, 0.15) is 12.3 Å². The van der Waals surface area contributed by atoms with Crippen molar-refractivity contribution in [2.45, 2.75) is 26.9 Å². The number of nitrogens with one attached hydrogen (secondary N) is 1. The van der Waals surface area contributed by atoms with E-state index in [0.717, 1.165) is 39.2 Å². The molecule has 0 atom stereocenters. The largest absolute Gasteiger partial charge is 0.497 e. The molecule has 0 unspecified atom stereocenters. The Labute approximate surface area is 213 Å². The maximum Gasteiger partial charge on any atom is 0.247 e. The first-order valence-corrected chi connectivity index (χ1v) is 11.8. The van der Waals surface area contributed by atoms with E-state index in [1.165, 1.54) is 0 Å².